The minimum absolute atomic E-state index is 0.0565. The average Bonchev–Trinajstić information content (AvgIpc) is 3.13. The predicted octanol–water partition coefficient (Wildman–Crippen LogP) is 4.47. The van der Waals surface area contributed by atoms with Gasteiger partial charge in [0.1, 0.15) is 11.5 Å². The van der Waals surface area contributed by atoms with Crippen LogP contribution in [-0.4, -0.2) is 36.3 Å². The molecule has 4 nitrogen and oxygen atoms in total. The third-order valence-corrected chi connectivity index (χ3v) is 5.10. The molecule has 0 radical (unpaired) electrons. The number of hydrogen-bond acceptors (Lipinski definition) is 3. The Balaban J connectivity index is 1.62. The fourth-order valence-corrected chi connectivity index (χ4v) is 3.73. The van der Waals surface area contributed by atoms with Gasteiger partial charge in [-0.05, 0) is 37.4 Å². The van der Waals surface area contributed by atoms with E-state index in [4.69, 9.17) is 4.42 Å². The SMILES string of the molecule is CN(C)Cc1cc2c(o1)CCN(C(=O)/C(=C/c1ccccc1)c1ccccc1)C2. The molecular formula is C25H26N2O2. The largest absolute Gasteiger partial charge is 0.464 e. The first-order valence-corrected chi connectivity index (χ1v) is 9.97. The van der Waals surface area contributed by atoms with Gasteiger partial charge in [-0.3, -0.25) is 4.79 Å². The highest BCUT2D eigenvalue weighted by molar-refractivity contribution is 6.24. The van der Waals surface area contributed by atoms with Crippen molar-refractivity contribution in [2.45, 2.75) is 19.5 Å². The van der Waals surface area contributed by atoms with Crippen molar-refractivity contribution in [3.63, 3.8) is 0 Å². The van der Waals surface area contributed by atoms with Gasteiger partial charge < -0.3 is 14.2 Å². The lowest BCUT2D eigenvalue weighted by Crippen LogP contribution is -2.36. The van der Waals surface area contributed by atoms with Crippen LogP contribution in [0.5, 0.6) is 0 Å². The topological polar surface area (TPSA) is 36.7 Å². The van der Waals surface area contributed by atoms with E-state index in [1.54, 1.807) is 0 Å². The number of carbonyl (C=O) groups excluding carboxylic acids is 1. The Morgan fingerprint density at radius 2 is 1.76 bits per heavy atom. The molecular weight excluding hydrogens is 360 g/mol. The highest BCUT2D eigenvalue weighted by Gasteiger charge is 2.26. The minimum atomic E-state index is 0.0565. The zero-order chi connectivity index (χ0) is 20.2. The smallest absolute Gasteiger partial charge is 0.254 e. The van der Waals surface area contributed by atoms with E-state index in [1.165, 1.54) is 0 Å². The van der Waals surface area contributed by atoms with Gasteiger partial charge in [-0.2, -0.15) is 0 Å². The summed E-state index contributed by atoms with van der Waals surface area (Å²) < 4.78 is 5.99. The van der Waals surface area contributed by atoms with E-state index >= 15 is 0 Å². The summed E-state index contributed by atoms with van der Waals surface area (Å²) in [4.78, 5) is 17.5. The molecule has 0 saturated carbocycles. The van der Waals surface area contributed by atoms with E-state index < -0.39 is 0 Å². The summed E-state index contributed by atoms with van der Waals surface area (Å²) in [7, 11) is 4.05. The molecule has 4 rings (SSSR count). The third kappa shape index (κ3) is 4.49. The van der Waals surface area contributed by atoms with Crippen LogP contribution >= 0.6 is 0 Å². The first-order valence-electron chi connectivity index (χ1n) is 9.97. The van der Waals surface area contributed by atoms with E-state index in [2.05, 4.69) is 11.0 Å². The Morgan fingerprint density at radius 1 is 1.07 bits per heavy atom. The molecule has 1 amide bonds. The van der Waals surface area contributed by atoms with Crippen LogP contribution in [0, 0.1) is 0 Å². The molecule has 1 aliphatic heterocycles. The molecule has 1 aliphatic rings. The summed E-state index contributed by atoms with van der Waals surface area (Å²) in [5, 5.41) is 0. The summed E-state index contributed by atoms with van der Waals surface area (Å²) in [5.41, 5.74) is 3.80. The number of amides is 1. The molecule has 0 fully saturated rings. The summed E-state index contributed by atoms with van der Waals surface area (Å²) >= 11 is 0. The zero-order valence-corrected chi connectivity index (χ0v) is 17.0. The van der Waals surface area contributed by atoms with Crippen LogP contribution in [0.4, 0.5) is 0 Å². The molecule has 0 saturated heterocycles. The van der Waals surface area contributed by atoms with Crippen molar-refractivity contribution >= 4 is 17.6 Å². The summed E-state index contributed by atoms with van der Waals surface area (Å²) in [6.45, 7) is 2.02. The number of carbonyl (C=O) groups is 1. The van der Waals surface area contributed by atoms with Crippen molar-refractivity contribution in [1.29, 1.82) is 0 Å². The first-order chi connectivity index (χ1) is 14.1. The van der Waals surface area contributed by atoms with Gasteiger partial charge >= 0.3 is 0 Å². The lowest BCUT2D eigenvalue weighted by atomic mass is 10.00. The van der Waals surface area contributed by atoms with Gasteiger partial charge in [0, 0.05) is 30.6 Å². The van der Waals surface area contributed by atoms with Crippen LogP contribution in [0.3, 0.4) is 0 Å². The quantitative estimate of drug-likeness (QED) is 0.480. The van der Waals surface area contributed by atoms with E-state index in [0.29, 0.717) is 13.1 Å². The van der Waals surface area contributed by atoms with Gasteiger partial charge in [0.25, 0.3) is 5.91 Å². The molecule has 0 bridgehead atoms. The first kappa shape index (κ1) is 19.2. The fourth-order valence-electron chi connectivity index (χ4n) is 3.73. The fraction of sp³-hybridized carbons (Fsp3) is 0.240. The van der Waals surface area contributed by atoms with Crippen molar-refractivity contribution in [2.24, 2.45) is 0 Å². The maximum Gasteiger partial charge on any atom is 0.254 e. The lowest BCUT2D eigenvalue weighted by Gasteiger charge is -2.27. The average molecular weight is 386 g/mol. The Hall–Kier alpha value is -3.11. The van der Waals surface area contributed by atoms with Crippen molar-refractivity contribution in [2.75, 3.05) is 20.6 Å². The molecule has 3 aromatic rings. The standard InChI is InChI=1S/C25H26N2O2/c1-26(2)18-22-16-21-17-27(14-13-24(21)29-22)25(28)23(20-11-7-4-8-12-20)15-19-9-5-3-6-10-19/h3-12,15-16H,13-14,17-18H2,1-2H3/b23-15+. The van der Waals surface area contributed by atoms with Gasteiger partial charge in [0.05, 0.1) is 6.54 Å². The molecule has 0 N–H and O–H groups in total. The molecule has 0 atom stereocenters. The molecule has 29 heavy (non-hydrogen) atoms. The Labute approximate surface area is 172 Å². The monoisotopic (exact) mass is 386 g/mol. The van der Waals surface area contributed by atoms with Gasteiger partial charge in [0.2, 0.25) is 0 Å². The summed E-state index contributed by atoms with van der Waals surface area (Å²) in [6, 6.07) is 22.0. The number of rotatable bonds is 5. The van der Waals surface area contributed by atoms with Crippen molar-refractivity contribution in [3.8, 4) is 0 Å². The van der Waals surface area contributed by atoms with E-state index in [0.717, 1.165) is 46.7 Å². The lowest BCUT2D eigenvalue weighted by molar-refractivity contribution is -0.125. The molecule has 1 aromatic heterocycles. The van der Waals surface area contributed by atoms with Crippen LogP contribution in [0.15, 0.2) is 71.1 Å². The third-order valence-electron chi connectivity index (χ3n) is 5.10. The second-order valence-electron chi connectivity index (χ2n) is 7.71. The minimum Gasteiger partial charge on any atom is -0.464 e. The van der Waals surface area contributed by atoms with Crippen molar-refractivity contribution < 1.29 is 9.21 Å². The summed E-state index contributed by atoms with van der Waals surface area (Å²) in [5.74, 6) is 2.03. The number of furan rings is 1. The molecule has 0 spiro atoms. The molecule has 2 aromatic carbocycles. The van der Waals surface area contributed by atoms with Gasteiger partial charge in [-0.15, -0.1) is 0 Å². The van der Waals surface area contributed by atoms with Gasteiger partial charge in [-0.25, -0.2) is 0 Å². The van der Waals surface area contributed by atoms with Gasteiger partial charge in [0.15, 0.2) is 0 Å². The van der Waals surface area contributed by atoms with Crippen LogP contribution in [0.1, 0.15) is 28.2 Å². The van der Waals surface area contributed by atoms with Crippen LogP contribution in [0.25, 0.3) is 11.6 Å². The maximum atomic E-state index is 13.5. The Kier molecular flexibility index (Phi) is 5.63. The van der Waals surface area contributed by atoms with E-state index in [1.807, 2.05) is 85.7 Å². The van der Waals surface area contributed by atoms with Crippen molar-refractivity contribution in [1.82, 2.24) is 9.80 Å². The van der Waals surface area contributed by atoms with Crippen LogP contribution < -0.4 is 0 Å². The zero-order valence-electron chi connectivity index (χ0n) is 17.0. The van der Waals surface area contributed by atoms with Crippen LogP contribution in [0.2, 0.25) is 0 Å². The number of hydrogen-bond donors (Lipinski definition) is 0. The normalized spacial score (nSPS) is 14.2. The molecule has 0 aliphatic carbocycles. The molecule has 4 heteroatoms. The second-order valence-corrected chi connectivity index (χ2v) is 7.71. The molecule has 2 heterocycles. The number of benzene rings is 2. The Bertz CT molecular complexity index is 1000. The van der Waals surface area contributed by atoms with Crippen LogP contribution in [-0.2, 0) is 24.3 Å². The predicted molar refractivity (Wildman–Crippen MR) is 116 cm³/mol. The second kappa shape index (κ2) is 8.50. The van der Waals surface area contributed by atoms with Crippen molar-refractivity contribution in [3.05, 3.63) is 94.9 Å². The molecule has 148 valence electrons. The number of nitrogens with zero attached hydrogens (tertiary/aromatic N) is 2. The highest BCUT2D eigenvalue weighted by atomic mass is 16.3. The highest BCUT2D eigenvalue weighted by Crippen LogP contribution is 2.27. The van der Waals surface area contributed by atoms with E-state index in [-0.39, 0.29) is 5.91 Å². The van der Waals surface area contributed by atoms with Gasteiger partial charge in [-0.1, -0.05) is 60.7 Å². The summed E-state index contributed by atoms with van der Waals surface area (Å²) in [6.07, 6.45) is 2.74. The maximum absolute atomic E-state index is 13.5. The number of fused-ring (bicyclic) bond motifs is 1. The van der Waals surface area contributed by atoms with E-state index in [9.17, 15) is 4.79 Å². The Morgan fingerprint density at radius 3 is 2.45 bits per heavy atom. The molecule has 0 unspecified atom stereocenters.